The summed E-state index contributed by atoms with van der Waals surface area (Å²) in [6.07, 6.45) is 2.60. The first-order chi connectivity index (χ1) is 9.61. The van der Waals surface area contributed by atoms with Crippen molar-refractivity contribution in [1.82, 2.24) is 14.5 Å². The van der Waals surface area contributed by atoms with E-state index in [0.717, 1.165) is 54.2 Å². The van der Waals surface area contributed by atoms with Crippen LogP contribution < -0.4 is 0 Å². The number of aromatic nitrogens is 2. The molecule has 1 heterocycles. The molecule has 0 bridgehead atoms. The largest absolute Gasteiger partial charge is 0.396 e. The molecule has 0 aliphatic heterocycles. The Bertz CT molecular complexity index is 565. The minimum Gasteiger partial charge on any atom is -0.396 e. The van der Waals surface area contributed by atoms with Gasteiger partial charge in [0, 0.05) is 24.6 Å². The fourth-order valence-corrected chi connectivity index (χ4v) is 2.53. The number of hydrogen-bond acceptors (Lipinski definition) is 3. The molecule has 20 heavy (non-hydrogen) atoms. The topological polar surface area (TPSA) is 41.3 Å². The van der Waals surface area contributed by atoms with E-state index in [1.165, 1.54) is 0 Å². The van der Waals surface area contributed by atoms with Crippen LogP contribution in [0.2, 0.25) is 5.02 Å². The predicted molar refractivity (Wildman–Crippen MR) is 83.3 cm³/mol. The van der Waals surface area contributed by atoms with E-state index in [9.17, 15) is 0 Å². The van der Waals surface area contributed by atoms with Crippen molar-refractivity contribution in [2.45, 2.75) is 25.8 Å². The van der Waals surface area contributed by atoms with Gasteiger partial charge < -0.3 is 14.6 Å². The molecule has 4 nitrogen and oxygen atoms in total. The molecule has 0 aliphatic carbocycles. The third kappa shape index (κ3) is 3.72. The molecule has 1 aromatic carbocycles. The molecule has 0 spiro atoms. The summed E-state index contributed by atoms with van der Waals surface area (Å²) < 4.78 is 2.24. The van der Waals surface area contributed by atoms with E-state index < -0.39 is 0 Å². The Morgan fingerprint density at radius 1 is 1.30 bits per heavy atom. The highest BCUT2D eigenvalue weighted by molar-refractivity contribution is 6.31. The van der Waals surface area contributed by atoms with Crippen molar-refractivity contribution in [2.75, 3.05) is 27.2 Å². The normalized spacial score (nSPS) is 11.7. The second kappa shape index (κ2) is 7.07. The molecule has 110 valence electrons. The van der Waals surface area contributed by atoms with Gasteiger partial charge in [-0.3, -0.25) is 0 Å². The van der Waals surface area contributed by atoms with Crippen LogP contribution in [0.1, 0.15) is 18.7 Å². The highest BCUT2D eigenvalue weighted by Gasteiger charge is 2.10. The number of aryl methyl sites for hydroxylation is 2. The van der Waals surface area contributed by atoms with Gasteiger partial charge in [-0.05, 0) is 51.7 Å². The minimum atomic E-state index is 0.196. The lowest BCUT2D eigenvalue weighted by Crippen LogP contribution is -2.16. The summed E-state index contributed by atoms with van der Waals surface area (Å²) in [4.78, 5) is 6.85. The monoisotopic (exact) mass is 295 g/mol. The summed E-state index contributed by atoms with van der Waals surface area (Å²) in [7, 11) is 4.16. The standard InChI is InChI=1S/C15H22ClN3O/c1-18(2)8-4-9-19-14-11-12(16)6-7-13(14)17-15(19)5-3-10-20/h6-7,11,20H,3-5,8-10H2,1-2H3. The fourth-order valence-electron chi connectivity index (χ4n) is 2.37. The van der Waals surface area contributed by atoms with Gasteiger partial charge >= 0.3 is 0 Å². The molecule has 0 saturated carbocycles. The third-order valence-corrected chi connectivity index (χ3v) is 3.57. The number of imidazole rings is 1. The third-order valence-electron chi connectivity index (χ3n) is 3.33. The Labute approximate surface area is 125 Å². The van der Waals surface area contributed by atoms with Crippen molar-refractivity contribution in [1.29, 1.82) is 0 Å². The van der Waals surface area contributed by atoms with Gasteiger partial charge in [0.05, 0.1) is 11.0 Å². The van der Waals surface area contributed by atoms with Gasteiger partial charge in [-0.1, -0.05) is 11.6 Å². The Kier molecular flexibility index (Phi) is 5.40. The van der Waals surface area contributed by atoms with Gasteiger partial charge in [-0.25, -0.2) is 4.98 Å². The molecule has 0 fully saturated rings. The smallest absolute Gasteiger partial charge is 0.109 e. The Morgan fingerprint density at radius 3 is 2.80 bits per heavy atom. The van der Waals surface area contributed by atoms with Crippen molar-refractivity contribution < 1.29 is 5.11 Å². The van der Waals surface area contributed by atoms with Crippen molar-refractivity contribution >= 4 is 22.6 Å². The maximum atomic E-state index is 9.02. The van der Waals surface area contributed by atoms with Crippen molar-refractivity contribution in [3.63, 3.8) is 0 Å². The van der Waals surface area contributed by atoms with E-state index in [4.69, 9.17) is 16.7 Å². The summed E-state index contributed by atoms with van der Waals surface area (Å²) in [5.41, 5.74) is 2.07. The second-order valence-electron chi connectivity index (χ2n) is 5.30. The summed E-state index contributed by atoms with van der Waals surface area (Å²) in [5.74, 6) is 1.04. The van der Waals surface area contributed by atoms with E-state index in [1.54, 1.807) is 0 Å². The van der Waals surface area contributed by atoms with Crippen LogP contribution in [0.3, 0.4) is 0 Å². The van der Waals surface area contributed by atoms with Gasteiger partial charge in [0.2, 0.25) is 0 Å². The SMILES string of the molecule is CN(C)CCCn1c(CCCO)nc2ccc(Cl)cc21. The zero-order chi connectivity index (χ0) is 14.5. The number of halogens is 1. The number of hydrogen-bond donors (Lipinski definition) is 1. The first-order valence-electron chi connectivity index (χ1n) is 7.02. The van der Waals surface area contributed by atoms with Crippen LogP contribution in [0.4, 0.5) is 0 Å². The second-order valence-corrected chi connectivity index (χ2v) is 5.73. The molecule has 5 heteroatoms. The van der Waals surface area contributed by atoms with E-state index in [2.05, 4.69) is 28.5 Å². The minimum absolute atomic E-state index is 0.196. The highest BCUT2D eigenvalue weighted by Crippen LogP contribution is 2.22. The molecule has 1 N–H and O–H groups in total. The first kappa shape index (κ1) is 15.3. The highest BCUT2D eigenvalue weighted by atomic mass is 35.5. The number of benzene rings is 1. The molecule has 2 rings (SSSR count). The first-order valence-corrected chi connectivity index (χ1v) is 7.40. The van der Waals surface area contributed by atoms with E-state index in [1.807, 2.05) is 18.2 Å². The predicted octanol–water partition coefficient (Wildman–Crippen LogP) is 2.57. The van der Waals surface area contributed by atoms with Gasteiger partial charge in [0.1, 0.15) is 5.82 Å². The van der Waals surface area contributed by atoms with Crippen LogP contribution in [0.5, 0.6) is 0 Å². The Morgan fingerprint density at radius 2 is 2.10 bits per heavy atom. The number of nitrogens with zero attached hydrogens (tertiary/aromatic N) is 3. The molecule has 0 amide bonds. The summed E-state index contributed by atoms with van der Waals surface area (Å²) in [6, 6.07) is 5.81. The number of aliphatic hydroxyl groups excluding tert-OH is 1. The van der Waals surface area contributed by atoms with Gasteiger partial charge in [0.25, 0.3) is 0 Å². The summed E-state index contributed by atoms with van der Waals surface area (Å²) >= 11 is 6.10. The summed E-state index contributed by atoms with van der Waals surface area (Å²) in [6.45, 7) is 2.16. The van der Waals surface area contributed by atoms with E-state index >= 15 is 0 Å². The van der Waals surface area contributed by atoms with Crippen molar-refractivity contribution in [2.24, 2.45) is 0 Å². The number of aliphatic hydroxyl groups is 1. The van der Waals surface area contributed by atoms with Crippen LogP contribution in [-0.2, 0) is 13.0 Å². The molecule has 0 radical (unpaired) electrons. The fraction of sp³-hybridized carbons (Fsp3) is 0.533. The number of rotatable bonds is 7. The molecule has 0 unspecified atom stereocenters. The molecule has 1 aromatic heterocycles. The molecular formula is C15H22ClN3O. The van der Waals surface area contributed by atoms with Crippen LogP contribution in [0, 0.1) is 0 Å². The molecular weight excluding hydrogens is 274 g/mol. The molecule has 0 aliphatic rings. The lowest BCUT2D eigenvalue weighted by atomic mass is 10.3. The van der Waals surface area contributed by atoms with Crippen LogP contribution in [0.25, 0.3) is 11.0 Å². The number of fused-ring (bicyclic) bond motifs is 1. The van der Waals surface area contributed by atoms with E-state index in [-0.39, 0.29) is 6.61 Å². The maximum absolute atomic E-state index is 9.02. The lowest BCUT2D eigenvalue weighted by molar-refractivity contribution is 0.286. The van der Waals surface area contributed by atoms with Gasteiger partial charge in [-0.2, -0.15) is 0 Å². The maximum Gasteiger partial charge on any atom is 0.109 e. The summed E-state index contributed by atoms with van der Waals surface area (Å²) in [5, 5.41) is 9.76. The average molecular weight is 296 g/mol. The molecule has 2 aromatic rings. The molecule has 0 saturated heterocycles. The zero-order valence-electron chi connectivity index (χ0n) is 12.1. The molecule has 0 atom stereocenters. The zero-order valence-corrected chi connectivity index (χ0v) is 12.9. The van der Waals surface area contributed by atoms with Crippen LogP contribution in [-0.4, -0.2) is 46.8 Å². The quantitative estimate of drug-likeness (QED) is 0.853. The van der Waals surface area contributed by atoms with Crippen molar-refractivity contribution in [3.8, 4) is 0 Å². The van der Waals surface area contributed by atoms with Crippen molar-refractivity contribution in [3.05, 3.63) is 29.0 Å². The van der Waals surface area contributed by atoms with Crippen LogP contribution >= 0.6 is 11.6 Å². The lowest BCUT2D eigenvalue weighted by Gasteiger charge is -2.12. The van der Waals surface area contributed by atoms with Gasteiger partial charge in [-0.15, -0.1) is 0 Å². The Hall–Kier alpha value is -1.10. The van der Waals surface area contributed by atoms with Gasteiger partial charge in [0.15, 0.2) is 0 Å². The Balaban J connectivity index is 2.27. The van der Waals surface area contributed by atoms with E-state index in [0.29, 0.717) is 0 Å². The average Bonchev–Trinajstić information content (AvgIpc) is 2.74. The van der Waals surface area contributed by atoms with Crippen LogP contribution in [0.15, 0.2) is 18.2 Å².